The molecule has 1 atom stereocenters. The molecule has 1 fully saturated rings. The van der Waals surface area contributed by atoms with Crippen molar-refractivity contribution in [1.29, 1.82) is 0 Å². The lowest BCUT2D eigenvalue weighted by Crippen LogP contribution is -2.21. The number of nitrogens with zero attached hydrogens (tertiary/aromatic N) is 2. The first-order valence-corrected chi connectivity index (χ1v) is 6.38. The SMILES string of the molecule is O=C(O)CCC1CCN(c2cc(F)ccc2[N+](=O)[O-])C1. The van der Waals surface area contributed by atoms with Gasteiger partial charge in [-0.25, -0.2) is 4.39 Å². The molecule has 1 N–H and O–H groups in total. The van der Waals surface area contributed by atoms with Crippen molar-refractivity contribution in [3.05, 3.63) is 34.1 Å². The molecule has 1 saturated heterocycles. The van der Waals surface area contributed by atoms with Crippen LogP contribution in [0.1, 0.15) is 19.3 Å². The summed E-state index contributed by atoms with van der Waals surface area (Å²) in [5, 5.41) is 19.6. The van der Waals surface area contributed by atoms with Gasteiger partial charge >= 0.3 is 5.97 Å². The van der Waals surface area contributed by atoms with Gasteiger partial charge in [0.15, 0.2) is 0 Å². The summed E-state index contributed by atoms with van der Waals surface area (Å²) < 4.78 is 13.3. The first-order chi connectivity index (χ1) is 9.47. The molecular weight excluding hydrogens is 267 g/mol. The third-order valence-electron chi connectivity index (χ3n) is 3.53. The highest BCUT2D eigenvalue weighted by Gasteiger charge is 2.28. The molecule has 0 aliphatic carbocycles. The Morgan fingerprint density at radius 2 is 2.30 bits per heavy atom. The van der Waals surface area contributed by atoms with Gasteiger partial charge < -0.3 is 10.0 Å². The van der Waals surface area contributed by atoms with E-state index in [9.17, 15) is 19.3 Å². The highest BCUT2D eigenvalue weighted by molar-refractivity contribution is 5.67. The number of rotatable bonds is 5. The van der Waals surface area contributed by atoms with Crippen LogP contribution in [-0.2, 0) is 4.79 Å². The minimum atomic E-state index is -0.847. The Balaban J connectivity index is 2.11. The maximum atomic E-state index is 13.3. The summed E-state index contributed by atoms with van der Waals surface area (Å²) in [4.78, 5) is 22.7. The second kappa shape index (κ2) is 5.85. The van der Waals surface area contributed by atoms with Crippen LogP contribution in [-0.4, -0.2) is 29.1 Å². The molecule has 1 aliphatic heterocycles. The fourth-order valence-corrected chi connectivity index (χ4v) is 2.52. The molecule has 2 rings (SSSR count). The van der Waals surface area contributed by atoms with E-state index in [1.54, 1.807) is 4.90 Å². The Morgan fingerprint density at radius 1 is 1.55 bits per heavy atom. The number of anilines is 1. The molecule has 0 saturated carbocycles. The third kappa shape index (κ3) is 3.23. The fraction of sp³-hybridized carbons (Fsp3) is 0.462. The van der Waals surface area contributed by atoms with Gasteiger partial charge in [-0.1, -0.05) is 0 Å². The summed E-state index contributed by atoms with van der Waals surface area (Å²) in [6.45, 7) is 1.10. The number of halogens is 1. The highest BCUT2D eigenvalue weighted by atomic mass is 19.1. The van der Waals surface area contributed by atoms with E-state index in [1.807, 2.05) is 0 Å². The van der Waals surface area contributed by atoms with E-state index >= 15 is 0 Å². The molecule has 0 amide bonds. The van der Waals surface area contributed by atoms with Crippen molar-refractivity contribution in [2.24, 2.45) is 5.92 Å². The van der Waals surface area contributed by atoms with Gasteiger partial charge in [0.25, 0.3) is 5.69 Å². The standard InChI is InChI=1S/C13H15FN2O4/c14-10-2-3-11(16(19)20)12(7-10)15-6-5-9(8-15)1-4-13(17)18/h2-3,7,9H,1,4-6,8H2,(H,17,18). The lowest BCUT2D eigenvalue weighted by Gasteiger charge is -2.18. The Morgan fingerprint density at radius 3 is 2.95 bits per heavy atom. The zero-order valence-electron chi connectivity index (χ0n) is 10.8. The smallest absolute Gasteiger partial charge is 0.303 e. The number of benzene rings is 1. The van der Waals surface area contributed by atoms with Crippen LogP contribution in [0.25, 0.3) is 0 Å². The molecule has 1 heterocycles. The first-order valence-electron chi connectivity index (χ1n) is 6.38. The molecule has 0 spiro atoms. The van der Waals surface area contributed by atoms with Crippen molar-refractivity contribution in [3.8, 4) is 0 Å². The molecule has 0 radical (unpaired) electrons. The van der Waals surface area contributed by atoms with E-state index in [1.165, 1.54) is 0 Å². The average molecular weight is 282 g/mol. The predicted molar refractivity (Wildman–Crippen MR) is 70.2 cm³/mol. The number of hydrogen-bond acceptors (Lipinski definition) is 4. The van der Waals surface area contributed by atoms with Crippen molar-refractivity contribution in [1.82, 2.24) is 0 Å². The quantitative estimate of drug-likeness (QED) is 0.662. The van der Waals surface area contributed by atoms with Crippen LogP contribution in [0.5, 0.6) is 0 Å². The van der Waals surface area contributed by atoms with Crippen LogP contribution in [0.2, 0.25) is 0 Å². The van der Waals surface area contributed by atoms with Crippen LogP contribution in [0.3, 0.4) is 0 Å². The van der Waals surface area contributed by atoms with Crippen LogP contribution in [0, 0.1) is 21.8 Å². The monoisotopic (exact) mass is 282 g/mol. The Hall–Kier alpha value is -2.18. The lowest BCUT2D eigenvalue weighted by molar-refractivity contribution is -0.384. The van der Waals surface area contributed by atoms with Crippen LogP contribution in [0.4, 0.5) is 15.8 Å². The van der Waals surface area contributed by atoms with E-state index in [4.69, 9.17) is 5.11 Å². The molecule has 7 heteroatoms. The van der Waals surface area contributed by atoms with Gasteiger partial charge in [-0.2, -0.15) is 0 Å². The van der Waals surface area contributed by atoms with Crippen molar-refractivity contribution in [3.63, 3.8) is 0 Å². The van der Waals surface area contributed by atoms with E-state index in [2.05, 4.69) is 0 Å². The second-order valence-corrected chi connectivity index (χ2v) is 4.92. The number of nitro benzene ring substituents is 1. The zero-order chi connectivity index (χ0) is 14.7. The van der Waals surface area contributed by atoms with Crippen molar-refractivity contribution in [2.45, 2.75) is 19.3 Å². The molecule has 20 heavy (non-hydrogen) atoms. The van der Waals surface area contributed by atoms with Crippen LogP contribution < -0.4 is 4.90 Å². The fourth-order valence-electron chi connectivity index (χ4n) is 2.52. The molecule has 0 aromatic heterocycles. The van der Waals surface area contributed by atoms with Crippen molar-refractivity contribution >= 4 is 17.3 Å². The zero-order valence-corrected chi connectivity index (χ0v) is 10.8. The number of carboxylic acids is 1. The summed E-state index contributed by atoms with van der Waals surface area (Å²) in [5.41, 5.74) is 0.151. The topological polar surface area (TPSA) is 83.7 Å². The summed E-state index contributed by atoms with van der Waals surface area (Å²) in [6.07, 6.45) is 1.39. The summed E-state index contributed by atoms with van der Waals surface area (Å²) in [6, 6.07) is 3.40. The van der Waals surface area contributed by atoms with E-state index in [0.29, 0.717) is 19.5 Å². The molecule has 0 bridgehead atoms. The van der Waals surface area contributed by atoms with E-state index < -0.39 is 16.7 Å². The van der Waals surface area contributed by atoms with Crippen molar-refractivity contribution < 1.29 is 19.2 Å². The maximum Gasteiger partial charge on any atom is 0.303 e. The molecule has 1 aromatic carbocycles. The Labute approximate surface area is 115 Å². The molecule has 1 aliphatic rings. The van der Waals surface area contributed by atoms with Gasteiger partial charge in [0.1, 0.15) is 11.5 Å². The van der Waals surface area contributed by atoms with Gasteiger partial charge in [0.2, 0.25) is 0 Å². The normalized spacial score (nSPS) is 18.2. The average Bonchev–Trinajstić information content (AvgIpc) is 2.84. The van der Waals surface area contributed by atoms with Crippen LogP contribution in [0.15, 0.2) is 18.2 Å². The van der Waals surface area contributed by atoms with Gasteiger partial charge in [0, 0.05) is 31.6 Å². The molecule has 108 valence electrons. The van der Waals surface area contributed by atoms with Crippen molar-refractivity contribution in [2.75, 3.05) is 18.0 Å². The summed E-state index contributed by atoms with van der Waals surface area (Å²) >= 11 is 0. The first kappa shape index (κ1) is 14.2. The summed E-state index contributed by atoms with van der Waals surface area (Å²) in [7, 11) is 0. The molecule has 1 aromatic rings. The number of nitro groups is 1. The third-order valence-corrected chi connectivity index (χ3v) is 3.53. The van der Waals surface area contributed by atoms with Gasteiger partial charge in [-0.3, -0.25) is 14.9 Å². The minimum Gasteiger partial charge on any atom is -0.481 e. The lowest BCUT2D eigenvalue weighted by atomic mass is 10.0. The largest absolute Gasteiger partial charge is 0.481 e. The number of carboxylic acid groups (broad SMARTS) is 1. The highest BCUT2D eigenvalue weighted by Crippen LogP contribution is 2.33. The predicted octanol–water partition coefficient (Wildman–Crippen LogP) is 2.43. The van der Waals surface area contributed by atoms with Crippen LogP contribution >= 0.6 is 0 Å². The Bertz CT molecular complexity index is 535. The minimum absolute atomic E-state index is 0.0871. The van der Waals surface area contributed by atoms with E-state index in [-0.39, 0.29) is 23.7 Å². The van der Waals surface area contributed by atoms with Gasteiger partial charge in [0.05, 0.1) is 4.92 Å². The molecule has 1 unspecified atom stereocenters. The molecule has 6 nitrogen and oxygen atoms in total. The number of aliphatic carboxylic acids is 1. The van der Waals surface area contributed by atoms with Gasteiger partial charge in [-0.15, -0.1) is 0 Å². The van der Waals surface area contributed by atoms with E-state index in [0.717, 1.165) is 24.6 Å². The maximum absolute atomic E-state index is 13.3. The summed E-state index contributed by atoms with van der Waals surface area (Å²) in [5.74, 6) is -1.19. The molecular formula is C13H15FN2O4. The number of hydrogen-bond donors (Lipinski definition) is 1. The van der Waals surface area contributed by atoms with Gasteiger partial charge in [-0.05, 0) is 24.8 Å². The number of carbonyl (C=O) groups is 1. The second-order valence-electron chi connectivity index (χ2n) is 4.92. The Kier molecular flexibility index (Phi) is 4.16.